The predicted octanol–water partition coefficient (Wildman–Crippen LogP) is 2.87. The smallest absolute Gasteiger partial charge is 0.251 e. The van der Waals surface area contributed by atoms with E-state index in [1.165, 1.54) is 5.56 Å². The Labute approximate surface area is 91.7 Å². The van der Waals surface area contributed by atoms with E-state index in [0.717, 1.165) is 17.7 Å². The molecule has 1 aromatic rings. The second-order valence-corrected chi connectivity index (χ2v) is 3.70. The number of carbonyl (C=O) groups excluding carboxylic acids is 1. The first kappa shape index (κ1) is 11.8. The predicted molar refractivity (Wildman–Crippen MR) is 63.3 cm³/mol. The van der Waals surface area contributed by atoms with Crippen molar-refractivity contribution in [3.05, 3.63) is 34.9 Å². The van der Waals surface area contributed by atoms with Crippen molar-refractivity contribution >= 4 is 5.91 Å². The van der Waals surface area contributed by atoms with Gasteiger partial charge in [0, 0.05) is 12.1 Å². The Kier molecular flexibility index (Phi) is 3.89. The number of hydrogen-bond donors (Lipinski definition) is 1. The van der Waals surface area contributed by atoms with Gasteiger partial charge in [-0.25, -0.2) is 0 Å². The van der Waals surface area contributed by atoms with Crippen molar-refractivity contribution in [2.24, 2.45) is 0 Å². The lowest BCUT2D eigenvalue weighted by Crippen LogP contribution is -2.33. The third kappa shape index (κ3) is 2.38. The number of carbonyl (C=O) groups is 1. The fraction of sp³-hybridized carbons (Fsp3) is 0.462. The number of benzene rings is 1. The first-order chi connectivity index (χ1) is 7.18. The highest BCUT2D eigenvalue weighted by Crippen LogP contribution is 2.23. The van der Waals surface area contributed by atoms with E-state index in [1.54, 1.807) is 0 Å². The largest absolute Gasteiger partial charge is 0.351 e. The van der Waals surface area contributed by atoms with Crippen molar-refractivity contribution < 1.29 is 4.79 Å². The van der Waals surface area contributed by atoms with Crippen molar-refractivity contribution in [1.29, 1.82) is 0 Å². The summed E-state index contributed by atoms with van der Waals surface area (Å²) in [6.07, 6.45) is 0. The van der Waals surface area contributed by atoms with Crippen molar-refractivity contribution in [2.45, 2.75) is 33.6 Å². The van der Waals surface area contributed by atoms with Gasteiger partial charge in [-0.3, -0.25) is 4.79 Å². The Bertz CT molecular complexity index is 358. The number of nitrogens with one attached hydrogen (secondary N) is 1. The number of rotatable bonds is 0. The standard InChI is InChI=1S/C11H13NO.C2H6/c1-7-3-4-9-8(2)6-12-11(13)10(9)5-7;1-2/h3-5,8H,6H2,1-2H3,(H,12,13);1-2H3/t8-;/m0./s1. The summed E-state index contributed by atoms with van der Waals surface area (Å²) in [5.74, 6) is 0.505. The third-order valence-corrected chi connectivity index (χ3v) is 2.55. The highest BCUT2D eigenvalue weighted by molar-refractivity contribution is 5.97. The Morgan fingerprint density at radius 1 is 1.33 bits per heavy atom. The maximum Gasteiger partial charge on any atom is 0.251 e. The summed E-state index contributed by atoms with van der Waals surface area (Å²) in [5.41, 5.74) is 3.16. The molecule has 2 heteroatoms. The minimum Gasteiger partial charge on any atom is -0.351 e. The van der Waals surface area contributed by atoms with E-state index < -0.39 is 0 Å². The van der Waals surface area contributed by atoms with Crippen molar-refractivity contribution in [2.75, 3.05) is 6.54 Å². The number of aryl methyl sites for hydroxylation is 1. The summed E-state index contributed by atoms with van der Waals surface area (Å²) in [4.78, 5) is 11.5. The fourth-order valence-electron chi connectivity index (χ4n) is 1.75. The van der Waals surface area contributed by atoms with E-state index in [4.69, 9.17) is 0 Å². The molecule has 0 spiro atoms. The maximum atomic E-state index is 11.5. The van der Waals surface area contributed by atoms with E-state index in [1.807, 2.05) is 26.8 Å². The second kappa shape index (κ2) is 4.96. The number of amides is 1. The van der Waals surface area contributed by atoms with Crippen LogP contribution in [0.5, 0.6) is 0 Å². The van der Waals surface area contributed by atoms with Crippen LogP contribution in [0.25, 0.3) is 0 Å². The van der Waals surface area contributed by atoms with Gasteiger partial charge in [0.1, 0.15) is 0 Å². The first-order valence-corrected chi connectivity index (χ1v) is 5.57. The summed E-state index contributed by atoms with van der Waals surface area (Å²) < 4.78 is 0. The van der Waals surface area contributed by atoms with Crippen molar-refractivity contribution in [1.82, 2.24) is 5.32 Å². The van der Waals surface area contributed by atoms with E-state index >= 15 is 0 Å². The normalized spacial score (nSPS) is 18.4. The van der Waals surface area contributed by atoms with Crippen LogP contribution in [0.4, 0.5) is 0 Å². The molecule has 2 nitrogen and oxygen atoms in total. The first-order valence-electron chi connectivity index (χ1n) is 5.57. The molecule has 15 heavy (non-hydrogen) atoms. The molecule has 1 aliphatic heterocycles. The molecule has 1 amide bonds. The Balaban J connectivity index is 0.000000531. The fourth-order valence-corrected chi connectivity index (χ4v) is 1.75. The van der Waals surface area contributed by atoms with Crippen LogP contribution in [0.2, 0.25) is 0 Å². The molecule has 0 aromatic heterocycles. The third-order valence-electron chi connectivity index (χ3n) is 2.55. The van der Waals surface area contributed by atoms with Crippen LogP contribution >= 0.6 is 0 Å². The van der Waals surface area contributed by atoms with Crippen LogP contribution in [-0.2, 0) is 0 Å². The Morgan fingerprint density at radius 2 is 2.00 bits per heavy atom. The van der Waals surface area contributed by atoms with Gasteiger partial charge < -0.3 is 5.32 Å². The quantitative estimate of drug-likeness (QED) is 0.693. The molecular formula is C13H19NO. The monoisotopic (exact) mass is 205 g/mol. The van der Waals surface area contributed by atoms with Gasteiger partial charge in [0.25, 0.3) is 5.91 Å². The lowest BCUT2D eigenvalue weighted by atomic mass is 9.91. The number of fused-ring (bicyclic) bond motifs is 1. The molecule has 1 aromatic carbocycles. The SMILES string of the molecule is CC.Cc1ccc2c(c1)C(=O)NC[C@@H]2C. The highest BCUT2D eigenvalue weighted by atomic mass is 16.1. The minimum absolute atomic E-state index is 0.0665. The lowest BCUT2D eigenvalue weighted by molar-refractivity contribution is 0.0941. The molecule has 0 saturated heterocycles. The lowest BCUT2D eigenvalue weighted by Gasteiger charge is -2.22. The maximum absolute atomic E-state index is 11.5. The van der Waals surface area contributed by atoms with Gasteiger partial charge in [-0.15, -0.1) is 0 Å². The molecule has 1 N–H and O–H groups in total. The molecule has 1 heterocycles. The topological polar surface area (TPSA) is 29.1 Å². The summed E-state index contributed by atoms with van der Waals surface area (Å²) >= 11 is 0. The van der Waals surface area contributed by atoms with Crippen molar-refractivity contribution in [3.63, 3.8) is 0 Å². The van der Waals surface area contributed by atoms with Gasteiger partial charge in [0.15, 0.2) is 0 Å². The summed E-state index contributed by atoms with van der Waals surface area (Å²) in [7, 11) is 0. The molecule has 0 saturated carbocycles. The van der Waals surface area contributed by atoms with Gasteiger partial charge in [-0.2, -0.15) is 0 Å². The van der Waals surface area contributed by atoms with Gasteiger partial charge in [-0.05, 0) is 24.5 Å². The van der Waals surface area contributed by atoms with Gasteiger partial charge in [0.2, 0.25) is 0 Å². The summed E-state index contributed by atoms with van der Waals surface area (Å²) in [6.45, 7) is 8.90. The van der Waals surface area contributed by atoms with Crippen LogP contribution in [0.3, 0.4) is 0 Å². The van der Waals surface area contributed by atoms with Crippen LogP contribution < -0.4 is 5.32 Å². The van der Waals surface area contributed by atoms with Crippen molar-refractivity contribution in [3.8, 4) is 0 Å². The molecular weight excluding hydrogens is 186 g/mol. The summed E-state index contributed by atoms with van der Waals surface area (Å²) in [6, 6.07) is 6.09. The van der Waals surface area contributed by atoms with E-state index in [0.29, 0.717) is 5.92 Å². The van der Waals surface area contributed by atoms with E-state index in [9.17, 15) is 4.79 Å². The Morgan fingerprint density at radius 3 is 2.67 bits per heavy atom. The highest BCUT2D eigenvalue weighted by Gasteiger charge is 2.21. The van der Waals surface area contributed by atoms with Gasteiger partial charge in [0.05, 0.1) is 0 Å². The second-order valence-electron chi connectivity index (χ2n) is 3.70. The zero-order valence-electron chi connectivity index (χ0n) is 9.92. The number of hydrogen-bond acceptors (Lipinski definition) is 1. The molecule has 0 unspecified atom stereocenters. The molecule has 82 valence electrons. The van der Waals surface area contributed by atoms with Gasteiger partial charge >= 0.3 is 0 Å². The van der Waals surface area contributed by atoms with Crippen LogP contribution in [0, 0.1) is 6.92 Å². The molecule has 1 aliphatic rings. The zero-order chi connectivity index (χ0) is 11.4. The van der Waals surface area contributed by atoms with E-state index in [2.05, 4.69) is 24.4 Å². The summed E-state index contributed by atoms with van der Waals surface area (Å²) in [5, 5.41) is 2.88. The van der Waals surface area contributed by atoms with Crippen LogP contribution in [-0.4, -0.2) is 12.5 Å². The van der Waals surface area contributed by atoms with Crippen LogP contribution in [0.15, 0.2) is 18.2 Å². The molecule has 0 aliphatic carbocycles. The van der Waals surface area contributed by atoms with E-state index in [-0.39, 0.29) is 5.91 Å². The minimum atomic E-state index is 0.0665. The average molecular weight is 205 g/mol. The molecule has 1 atom stereocenters. The zero-order valence-corrected chi connectivity index (χ0v) is 9.92. The molecule has 0 radical (unpaired) electrons. The molecule has 0 fully saturated rings. The van der Waals surface area contributed by atoms with Crippen LogP contribution in [0.1, 0.15) is 48.2 Å². The Hall–Kier alpha value is -1.31. The molecule has 2 rings (SSSR count). The average Bonchev–Trinajstić information content (AvgIpc) is 2.27. The van der Waals surface area contributed by atoms with Gasteiger partial charge in [-0.1, -0.05) is 38.5 Å². The molecule has 0 bridgehead atoms.